The van der Waals surface area contributed by atoms with E-state index in [4.69, 9.17) is 36.1 Å². The van der Waals surface area contributed by atoms with E-state index < -0.39 is 6.09 Å². The van der Waals surface area contributed by atoms with E-state index in [1.807, 2.05) is 24.3 Å². The number of amides is 1. The van der Waals surface area contributed by atoms with E-state index in [-0.39, 0.29) is 5.54 Å². The maximum absolute atomic E-state index is 8.78. The van der Waals surface area contributed by atoms with Crippen LogP contribution in [0.2, 0.25) is 0 Å². The van der Waals surface area contributed by atoms with Crippen molar-refractivity contribution in [3.63, 3.8) is 0 Å². The highest BCUT2D eigenvalue weighted by atomic mass is 16.5. The summed E-state index contributed by atoms with van der Waals surface area (Å²) in [4.78, 5) is 25.6. The van der Waals surface area contributed by atoms with Crippen LogP contribution >= 0.6 is 0 Å². The summed E-state index contributed by atoms with van der Waals surface area (Å²) in [6, 6.07) is 24.9. The number of imidazole rings is 1. The molecule has 0 radical (unpaired) electrons. The number of nitrogens with zero attached hydrogens (tertiary/aromatic N) is 5. The van der Waals surface area contributed by atoms with Crippen LogP contribution in [0, 0.1) is 0 Å². The van der Waals surface area contributed by atoms with Gasteiger partial charge in [0.05, 0.1) is 24.5 Å². The molecule has 7 rings (SSSR count). The molecule has 1 saturated heterocycles. The highest BCUT2D eigenvalue weighted by Crippen LogP contribution is 2.39. The second-order valence-electron chi connectivity index (χ2n) is 10.8. The Morgan fingerprint density at radius 2 is 1.67 bits per heavy atom. The topological polar surface area (TPSA) is 171 Å². The Morgan fingerprint density at radius 1 is 0.930 bits per heavy atom. The number of pyridine rings is 2. The number of benzene rings is 2. The van der Waals surface area contributed by atoms with Crippen LogP contribution in [-0.2, 0) is 10.3 Å². The van der Waals surface area contributed by atoms with Gasteiger partial charge >= 0.3 is 6.09 Å². The standard InChI is InChI=1S/C31H31N7O.CH3NO2/c32-28-25(6-2-15-34-28)29-36-27-12-11-26(21-4-1-5-24(20-21)37-16-18-39-19-17-37)35-30(27)38(29)23-9-7-22(8-10-23)31(33)13-3-14-31;2-1(3)4/h1-2,4-12,15,20H,3,13-14,16-19,33H2,(H2,32,34);2H2,(H,3,4). The second-order valence-corrected chi connectivity index (χ2v) is 10.8. The Morgan fingerprint density at radius 3 is 2.35 bits per heavy atom. The van der Waals surface area contributed by atoms with Gasteiger partial charge in [0.2, 0.25) is 0 Å². The predicted molar refractivity (Wildman–Crippen MR) is 167 cm³/mol. The molecule has 1 aliphatic carbocycles. The molecule has 5 aromatic rings. The van der Waals surface area contributed by atoms with E-state index in [0.29, 0.717) is 11.6 Å². The number of nitrogens with two attached hydrogens (primary N) is 3. The SMILES string of the molecule is NC(=O)O.Nc1ncccc1-c1nc2ccc(-c3cccc(N4CCOCC4)c3)nc2n1-c1ccc(C2(N)CCC2)cc1. The van der Waals surface area contributed by atoms with Crippen LogP contribution in [0.15, 0.2) is 79.0 Å². The Labute approximate surface area is 248 Å². The molecule has 0 atom stereocenters. The molecule has 1 aliphatic heterocycles. The maximum Gasteiger partial charge on any atom is 0.402 e. The molecule has 2 aliphatic rings. The molecule has 4 heterocycles. The van der Waals surface area contributed by atoms with Crippen LogP contribution < -0.4 is 22.1 Å². The molecular weight excluding hydrogens is 544 g/mol. The van der Waals surface area contributed by atoms with E-state index in [9.17, 15) is 0 Å². The van der Waals surface area contributed by atoms with Crippen molar-refractivity contribution in [2.45, 2.75) is 24.8 Å². The number of carboxylic acid groups (broad SMARTS) is 1. The summed E-state index contributed by atoms with van der Waals surface area (Å²) in [5, 5.41) is 7.19. The Bertz CT molecular complexity index is 1750. The third-order valence-corrected chi connectivity index (χ3v) is 8.05. The fourth-order valence-electron chi connectivity index (χ4n) is 5.62. The van der Waals surface area contributed by atoms with Crippen LogP contribution in [0.5, 0.6) is 0 Å². The molecule has 2 fully saturated rings. The zero-order chi connectivity index (χ0) is 30.0. The zero-order valence-electron chi connectivity index (χ0n) is 23.7. The average molecular weight is 579 g/mol. The van der Waals surface area contributed by atoms with Crippen LogP contribution in [0.3, 0.4) is 0 Å². The number of anilines is 2. The van der Waals surface area contributed by atoms with Gasteiger partial charge in [0, 0.05) is 41.8 Å². The summed E-state index contributed by atoms with van der Waals surface area (Å²) in [5.41, 5.74) is 24.3. The summed E-state index contributed by atoms with van der Waals surface area (Å²) in [6.07, 6.45) is 3.57. The van der Waals surface area contributed by atoms with Crippen molar-refractivity contribution in [3.8, 4) is 28.3 Å². The molecule has 43 heavy (non-hydrogen) atoms. The van der Waals surface area contributed by atoms with Crippen molar-refractivity contribution in [1.29, 1.82) is 0 Å². The molecule has 1 saturated carbocycles. The molecule has 0 bridgehead atoms. The lowest BCUT2D eigenvalue weighted by atomic mass is 9.73. The van der Waals surface area contributed by atoms with E-state index in [1.54, 1.807) is 6.20 Å². The lowest BCUT2D eigenvalue weighted by Crippen LogP contribution is -2.43. The molecule has 11 nitrogen and oxygen atoms in total. The Kier molecular flexibility index (Phi) is 7.66. The molecule has 1 amide bonds. The predicted octanol–water partition coefficient (Wildman–Crippen LogP) is 4.53. The highest BCUT2D eigenvalue weighted by Gasteiger charge is 2.34. The number of hydrogen-bond donors (Lipinski definition) is 4. The summed E-state index contributed by atoms with van der Waals surface area (Å²) in [6.45, 7) is 3.27. The quantitative estimate of drug-likeness (QED) is 0.234. The normalized spacial score (nSPS) is 15.8. The van der Waals surface area contributed by atoms with Crippen molar-refractivity contribution >= 4 is 28.8 Å². The lowest BCUT2D eigenvalue weighted by Gasteiger charge is -2.38. The van der Waals surface area contributed by atoms with E-state index >= 15 is 0 Å². The Hall–Kier alpha value is -5.00. The van der Waals surface area contributed by atoms with Gasteiger partial charge in [-0.25, -0.2) is 19.7 Å². The summed E-state index contributed by atoms with van der Waals surface area (Å²) >= 11 is 0. The lowest BCUT2D eigenvalue weighted by molar-refractivity contribution is 0.122. The number of primary amides is 1. The number of hydrogen-bond acceptors (Lipinski definition) is 8. The van der Waals surface area contributed by atoms with Gasteiger partial charge in [0.15, 0.2) is 11.5 Å². The zero-order valence-corrected chi connectivity index (χ0v) is 23.7. The van der Waals surface area contributed by atoms with E-state index in [2.05, 4.69) is 68.7 Å². The minimum Gasteiger partial charge on any atom is -0.465 e. The molecule has 0 unspecified atom stereocenters. The largest absolute Gasteiger partial charge is 0.465 e. The number of nitrogen functional groups attached to an aromatic ring is 1. The minimum atomic E-state index is -1.33. The van der Waals surface area contributed by atoms with Gasteiger partial charge in [0.25, 0.3) is 0 Å². The van der Waals surface area contributed by atoms with Crippen LogP contribution in [0.1, 0.15) is 24.8 Å². The van der Waals surface area contributed by atoms with Gasteiger partial charge < -0.3 is 31.9 Å². The third-order valence-electron chi connectivity index (χ3n) is 8.05. The first-order valence-corrected chi connectivity index (χ1v) is 14.2. The first-order valence-electron chi connectivity index (χ1n) is 14.2. The van der Waals surface area contributed by atoms with Gasteiger partial charge in [-0.1, -0.05) is 24.3 Å². The summed E-state index contributed by atoms with van der Waals surface area (Å²) in [5.74, 6) is 1.14. The average Bonchev–Trinajstić information content (AvgIpc) is 3.39. The van der Waals surface area contributed by atoms with E-state index in [0.717, 1.165) is 78.4 Å². The third kappa shape index (κ3) is 5.72. The number of rotatable bonds is 5. The number of aromatic nitrogens is 4. The molecule has 3 aromatic heterocycles. The Balaban J connectivity index is 0.000000777. The molecule has 11 heteroatoms. The first kappa shape index (κ1) is 28.1. The fraction of sp³-hybridized carbons (Fsp3) is 0.250. The van der Waals surface area contributed by atoms with Gasteiger partial charge in [-0.15, -0.1) is 0 Å². The monoisotopic (exact) mass is 578 g/mol. The van der Waals surface area contributed by atoms with Gasteiger partial charge in [-0.05, 0) is 73.4 Å². The van der Waals surface area contributed by atoms with Crippen LogP contribution in [0.25, 0.3) is 39.5 Å². The van der Waals surface area contributed by atoms with Crippen molar-refractivity contribution in [1.82, 2.24) is 19.5 Å². The van der Waals surface area contributed by atoms with Crippen molar-refractivity contribution in [2.75, 3.05) is 36.9 Å². The molecule has 7 N–H and O–H groups in total. The molecular formula is C32H34N8O3. The second kappa shape index (κ2) is 11.7. The van der Waals surface area contributed by atoms with E-state index in [1.165, 1.54) is 12.1 Å². The fourth-order valence-corrected chi connectivity index (χ4v) is 5.62. The first-order chi connectivity index (χ1) is 20.8. The van der Waals surface area contributed by atoms with Crippen LogP contribution in [-0.4, -0.2) is 57.0 Å². The molecule has 220 valence electrons. The van der Waals surface area contributed by atoms with Crippen molar-refractivity contribution < 1.29 is 14.6 Å². The smallest absolute Gasteiger partial charge is 0.402 e. The number of ether oxygens (including phenoxy) is 1. The van der Waals surface area contributed by atoms with Crippen molar-refractivity contribution in [3.05, 3.63) is 84.6 Å². The van der Waals surface area contributed by atoms with Gasteiger partial charge in [-0.2, -0.15) is 0 Å². The van der Waals surface area contributed by atoms with Crippen molar-refractivity contribution in [2.24, 2.45) is 11.5 Å². The molecule has 2 aromatic carbocycles. The van der Waals surface area contributed by atoms with Crippen LogP contribution in [0.4, 0.5) is 16.3 Å². The maximum atomic E-state index is 8.78. The summed E-state index contributed by atoms with van der Waals surface area (Å²) in [7, 11) is 0. The minimum absolute atomic E-state index is 0.219. The number of carbonyl (C=O) groups is 1. The number of morpholine rings is 1. The van der Waals surface area contributed by atoms with Gasteiger partial charge in [-0.3, -0.25) is 4.57 Å². The summed E-state index contributed by atoms with van der Waals surface area (Å²) < 4.78 is 7.61. The van der Waals surface area contributed by atoms with Gasteiger partial charge in [0.1, 0.15) is 11.3 Å². The highest BCUT2D eigenvalue weighted by molar-refractivity contribution is 5.85. The molecule has 0 spiro atoms. The number of fused-ring (bicyclic) bond motifs is 1.